The van der Waals surface area contributed by atoms with Crippen molar-refractivity contribution < 1.29 is 44.3 Å². The number of hydrogen-bond donors (Lipinski definition) is 0. The van der Waals surface area contributed by atoms with Crippen molar-refractivity contribution in [3.8, 4) is 0 Å². The molecule has 0 aliphatic carbocycles. The third-order valence-corrected chi connectivity index (χ3v) is 2.38. The Kier molecular flexibility index (Phi) is 4.64. The summed E-state index contributed by atoms with van der Waals surface area (Å²) in [4.78, 5) is 11.4. The quantitative estimate of drug-likeness (QED) is 0.425. The molecule has 0 heterocycles. The maximum Gasteiger partial charge on any atom is 0.421 e. The van der Waals surface area contributed by atoms with Gasteiger partial charge in [0.15, 0.2) is 5.78 Å². The lowest BCUT2D eigenvalue weighted by Crippen LogP contribution is -2.27. The van der Waals surface area contributed by atoms with Crippen LogP contribution in [-0.2, 0) is 6.18 Å². The van der Waals surface area contributed by atoms with Gasteiger partial charge in [0.1, 0.15) is 5.57 Å². The van der Waals surface area contributed by atoms with Crippen molar-refractivity contribution in [2.24, 2.45) is 0 Å². The first-order valence-corrected chi connectivity index (χ1v) is 5.30. The molecule has 22 heavy (non-hydrogen) atoms. The van der Waals surface area contributed by atoms with Crippen molar-refractivity contribution in [1.82, 2.24) is 0 Å². The standard InChI is InChI=1S/C12H5F9O/c13-10(14,15)7-3-1-6(2-4-7)8(22)5-9(11(16,17)18)12(19,20)21/h1-5H. The molecule has 0 amide bonds. The van der Waals surface area contributed by atoms with Gasteiger partial charge in [-0.15, -0.1) is 0 Å². The summed E-state index contributed by atoms with van der Waals surface area (Å²) < 4.78 is 110. The summed E-state index contributed by atoms with van der Waals surface area (Å²) in [5, 5.41) is 0. The summed E-state index contributed by atoms with van der Waals surface area (Å²) in [7, 11) is 0. The summed E-state index contributed by atoms with van der Waals surface area (Å²) >= 11 is 0. The van der Waals surface area contributed by atoms with Crippen molar-refractivity contribution >= 4 is 5.78 Å². The van der Waals surface area contributed by atoms with Crippen molar-refractivity contribution in [3.63, 3.8) is 0 Å². The Bertz CT molecular complexity index is 557. The van der Waals surface area contributed by atoms with Crippen LogP contribution in [0.15, 0.2) is 35.9 Å². The van der Waals surface area contributed by atoms with Gasteiger partial charge in [-0.25, -0.2) is 0 Å². The van der Waals surface area contributed by atoms with Gasteiger partial charge in [-0.05, 0) is 12.1 Å². The molecular weight excluding hydrogens is 331 g/mol. The molecule has 1 aromatic carbocycles. The van der Waals surface area contributed by atoms with E-state index in [0.29, 0.717) is 24.3 Å². The first-order chi connectivity index (χ1) is 9.73. The monoisotopic (exact) mass is 336 g/mol. The van der Waals surface area contributed by atoms with Crippen LogP contribution < -0.4 is 0 Å². The smallest absolute Gasteiger partial charge is 0.289 e. The molecule has 0 fully saturated rings. The molecule has 0 saturated carbocycles. The van der Waals surface area contributed by atoms with E-state index in [1.807, 2.05) is 0 Å². The summed E-state index contributed by atoms with van der Waals surface area (Å²) in [5.41, 5.74) is -4.97. The predicted octanol–water partition coefficient (Wildman–Crippen LogP) is 4.94. The van der Waals surface area contributed by atoms with Gasteiger partial charge in [-0.2, -0.15) is 39.5 Å². The molecule has 0 aromatic heterocycles. The first-order valence-electron chi connectivity index (χ1n) is 5.30. The van der Waals surface area contributed by atoms with Crippen molar-refractivity contribution in [3.05, 3.63) is 47.0 Å². The van der Waals surface area contributed by atoms with E-state index in [-0.39, 0.29) is 0 Å². The van der Waals surface area contributed by atoms with E-state index in [9.17, 15) is 44.3 Å². The van der Waals surface area contributed by atoms with Gasteiger partial charge in [0.2, 0.25) is 0 Å². The number of carbonyl (C=O) groups excluding carboxylic acids is 1. The molecule has 0 aliphatic heterocycles. The van der Waals surface area contributed by atoms with Crippen molar-refractivity contribution in [2.45, 2.75) is 18.5 Å². The van der Waals surface area contributed by atoms with Crippen molar-refractivity contribution in [1.29, 1.82) is 0 Å². The molecular formula is C12H5F9O. The molecule has 0 unspecified atom stereocenters. The molecule has 1 nitrogen and oxygen atoms in total. The van der Waals surface area contributed by atoms with E-state index >= 15 is 0 Å². The Balaban J connectivity index is 3.17. The average Bonchev–Trinajstić information content (AvgIpc) is 2.32. The molecule has 10 heteroatoms. The van der Waals surface area contributed by atoms with E-state index in [1.165, 1.54) is 0 Å². The minimum atomic E-state index is -5.82. The number of benzene rings is 1. The number of allylic oxidation sites excluding steroid dienone is 2. The van der Waals surface area contributed by atoms with Gasteiger partial charge >= 0.3 is 18.5 Å². The van der Waals surface area contributed by atoms with E-state index in [1.54, 1.807) is 0 Å². The average molecular weight is 336 g/mol. The largest absolute Gasteiger partial charge is 0.421 e. The van der Waals surface area contributed by atoms with E-state index in [2.05, 4.69) is 0 Å². The van der Waals surface area contributed by atoms with Gasteiger partial charge in [-0.3, -0.25) is 4.79 Å². The van der Waals surface area contributed by atoms with Crippen LogP contribution >= 0.6 is 0 Å². The zero-order valence-electron chi connectivity index (χ0n) is 10.2. The van der Waals surface area contributed by atoms with Crippen LogP contribution in [-0.4, -0.2) is 18.1 Å². The third kappa shape index (κ3) is 4.50. The Labute approximate surface area is 117 Å². The number of halogens is 9. The van der Waals surface area contributed by atoms with Gasteiger partial charge in [0.05, 0.1) is 5.56 Å². The SMILES string of the molecule is O=C(C=C(C(F)(F)F)C(F)(F)F)c1ccc(C(F)(F)F)cc1. The highest BCUT2D eigenvalue weighted by molar-refractivity contribution is 6.05. The number of alkyl halides is 9. The summed E-state index contributed by atoms with van der Waals surface area (Å²) in [5.74, 6) is -1.71. The second-order valence-corrected chi connectivity index (χ2v) is 3.99. The fourth-order valence-corrected chi connectivity index (χ4v) is 1.36. The number of ketones is 1. The summed E-state index contributed by atoms with van der Waals surface area (Å²) in [6, 6.07) is 1.74. The minimum Gasteiger partial charge on any atom is -0.289 e. The minimum absolute atomic E-state index is 0.377. The number of rotatable bonds is 2. The maximum absolute atomic E-state index is 12.2. The lowest BCUT2D eigenvalue weighted by Gasteiger charge is -2.14. The lowest BCUT2D eigenvalue weighted by molar-refractivity contribution is -0.171. The molecule has 0 saturated heterocycles. The maximum atomic E-state index is 12.2. The molecule has 0 bridgehead atoms. The third-order valence-electron chi connectivity index (χ3n) is 2.38. The van der Waals surface area contributed by atoms with Crippen molar-refractivity contribution in [2.75, 3.05) is 0 Å². The highest BCUT2D eigenvalue weighted by atomic mass is 19.4. The zero-order valence-corrected chi connectivity index (χ0v) is 10.2. The van der Waals surface area contributed by atoms with Gasteiger partial charge in [0.25, 0.3) is 0 Å². The summed E-state index contributed by atoms with van der Waals surface area (Å²) in [6.45, 7) is 0. The van der Waals surface area contributed by atoms with Gasteiger partial charge in [-0.1, -0.05) is 12.1 Å². The second-order valence-electron chi connectivity index (χ2n) is 3.99. The van der Waals surface area contributed by atoms with Crippen LogP contribution in [0.2, 0.25) is 0 Å². The van der Waals surface area contributed by atoms with Crippen LogP contribution in [0.25, 0.3) is 0 Å². The molecule has 0 atom stereocenters. The molecule has 0 radical (unpaired) electrons. The Hall–Kier alpha value is -2.00. The molecule has 122 valence electrons. The number of hydrogen-bond acceptors (Lipinski definition) is 1. The molecule has 1 aromatic rings. The lowest BCUT2D eigenvalue weighted by atomic mass is 10.1. The Morgan fingerprint density at radius 2 is 1.18 bits per heavy atom. The zero-order chi connectivity index (χ0) is 17.3. The van der Waals surface area contributed by atoms with E-state index in [4.69, 9.17) is 0 Å². The molecule has 0 spiro atoms. The van der Waals surface area contributed by atoms with Crippen LogP contribution in [0.1, 0.15) is 15.9 Å². The second kappa shape index (κ2) is 5.65. The van der Waals surface area contributed by atoms with Gasteiger partial charge in [0, 0.05) is 11.6 Å². The predicted molar refractivity (Wildman–Crippen MR) is 56.0 cm³/mol. The fraction of sp³-hybridized carbons (Fsp3) is 0.250. The topological polar surface area (TPSA) is 17.1 Å². The highest BCUT2D eigenvalue weighted by Gasteiger charge is 2.51. The molecule has 0 aliphatic rings. The molecule has 0 N–H and O–H groups in total. The first kappa shape index (κ1) is 18.1. The normalized spacial score (nSPS) is 13.0. The Morgan fingerprint density at radius 3 is 1.50 bits per heavy atom. The van der Waals surface area contributed by atoms with E-state index < -0.39 is 47.1 Å². The van der Waals surface area contributed by atoms with E-state index in [0.717, 1.165) is 0 Å². The van der Waals surface area contributed by atoms with Gasteiger partial charge < -0.3 is 0 Å². The molecule has 1 rings (SSSR count). The van der Waals surface area contributed by atoms with Crippen LogP contribution in [0.4, 0.5) is 39.5 Å². The number of carbonyl (C=O) groups is 1. The fourth-order valence-electron chi connectivity index (χ4n) is 1.36. The van der Waals surface area contributed by atoms with Crippen LogP contribution in [0.5, 0.6) is 0 Å². The van der Waals surface area contributed by atoms with Crippen LogP contribution in [0, 0.1) is 0 Å². The highest BCUT2D eigenvalue weighted by Crippen LogP contribution is 2.38. The Morgan fingerprint density at radius 1 is 0.773 bits per heavy atom. The van der Waals surface area contributed by atoms with Crippen LogP contribution in [0.3, 0.4) is 0 Å². The summed E-state index contributed by atoms with van der Waals surface area (Å²) in [6.07, 6.45) is -17.1.